The van der Waals surface area contributed by atoms with E-state index >= 15 is 0 Å². The highest BCUT2D eigenvalue weighted by atomic mass is 16.5. The van der Waals surface area contributed by atoms with Crippen molar-refractivity contribution < 1.29 is 9.53 Å². The van der Waals surface area contributed by atoms with Gasteiger partial charge in [0.15, 0.2) is 0 Å². The summed E-state index contributed by atoms with van der Waals surface area (Å²) in [5, 5.41) is 0. The summed E-state index contributed by atoms with van der Waals surface area (Å²) in [6.45, 7) is 0.521. The molecule has 0 spiro atoms. The number of imidazole rings is 1. The number of carbonyl (C=O) groups is 1. The molecule has 0 atom stereocenters. The van der Waals surface area contributed by atoms with E-state index in [2.05, 4.69) is 17.1 Å². The molecule has 3 aromatic rings. The van der Waals surface area contributed by atoms with E-state index in [1.54, 1.807) is 10.9 Å². The number of carbonyl (C=O) groups excluding carboxylic acids is 1. The maximum absolute atomic E-state index is 13.5. The third-order valence-corrected chi connectivity index (χ3v) is 8.19. The second-order valence-corrected chi connectivity index (χ2v) is 10.5. The van der Waals surface area contributed by atoms with Crippen molar-refractivity contribution in [3.63, 3.8) is 0 Å². The Morgan fingerprint density at radius 2 is 1.73 bits per heavy atom. The minimum absolute atomic E-state index is 0.0344. The van der Waals surface area contributed by atoms with E-state index in [9.17, 15) is 4.79 Å². The Balaban J connectivity index is 1.17. The zero-order chi connectivity index (χ0) is 22.4. The number of amides is 1. The molecule has 0 radical (unpaired) electrons. The zero-order valence-corrected chi connectivity index (χ0v) is 19.2. The number of nitrogens with zero attached hydrogens (tertiary/aromatic N) is 3. The van der Waals surface area contributed by atoms with Crippen LogP contribution in [0.1, 0.15) is 44.1 Å². The average molecular weight is 442 g/mol. The monoisotopic (exact) mass is 441 g/mol. The molecule has 0 unspecified atom stereocenters. The Morgan fingerprint density at radius 1 is 1.03 bits per heavy atom. The highest BCUT2D eigenvalue weighted by Crippen LogP contribution is 2.57. The zero-order valence-electron chi connectivity index (χ0n) is 19.2. The van der Waals surface area contributed by atoms with Gasteiger partial charge < -0.3 is 9.64 Å². The SMILES string of the molecule is CN(C(=O)n1cnc(-c2cccc(OCc3ccccc3)c2)c1)C12CC3CC(CC(C3)C1)C2. The molecule has 4 fully saturated rings. The van der Waals surface area contributed by atoms with Crippen LogP contribution >= 0.6 is 0 Å². The van der Waals surface area contributed by atoms with Gasteiger partial charge in [0.25, 0.3) is 0 Å². The second-order valence-electron chi connectivity index (χ2n) is 10.5. The Hall–Kier alpha value is -3.08. The molecule has 5 nitrogen and oxygen atoms in total. The van der Waals surface area contributed by atoms with Gasteiger partial charge in [-0.25, -0.2) is 9.78 Å². The van der Waals surface area contributed by atoms with Crippen LogP contribution in [0.25, 0.3) is 11.3 Å². The van der Waals surface area contributed by atoms with Crippen molar-refractivity contribution in [2.45, 2.75) is 50.7 Å². The van der Waals surface area contributed by atoms with Gasteiger partial charge in [-0.3, -0.25) is 4.57 Å². The van der Waals surface area contributed by atoms with Gasteiger partial charge in [0.2, 0.25) is 0 Å². The van der Waals surface area contributed by atoms with E-state index < -0.39 is 0 Å². The fourth-order valence-corrected chi connectivity index (χ4v) is 6.91. The van der Waals surface area contributed by atoms with Gasteiger partial charge in [-0.15, -0.1) is 0 Å². The molecule has 1 aromatic heterocycles. The third kappa shape index (κ3) is 3.84. The summed E-state index contributed by atoms with van der Waals surface area (Å²) < 4.78 is 7.63. The van der Waals surface area contributed by atoms with Crippen molar-refractivity contribution in [3.05, 3.63) is 72.7 Å². The highest BCUT2D eigenvalue weighted by Gasteiger charge is 2.54. The molecule has 0 N–H and O–H groups in total. The van der Waals surface area contributed by atoms with Crippen LogP contribution in [0.4, 0.5) is 4.79 Å². The Morgan fingerprint density at radius 3 is 2.42 bits per heavy atom. The summed E-state index contributed by atoms with van der Waals surface area (Å²) in [7, 11) is 2.01. The molecule has 5 heteroatoms. The Kier molecular flexibility index (Phi) is 5.01. The van der Waals surface area contributed by atoms with Gasteiger partial charge in [-0.2, -0.15) is 0 Å². The quantitative estimate of drug-likeness (QED) is 0.488. The standard InChI is InChI=1S/C28H31N3O2/c1-30(28-14-21-10-22(15-28)12-23(11-21)16-28)27(32)31-17-26(29-19-31)24-8-5-9-25(13-24)33-18-20-6-3-2-4-7-20/h2-9,13,17,19,21-23H,10-12,14-16,18H2,1H3. The van der Waals surface area contributed by atoms with E-state index in [0.29, 0.717) is 6.61 Å². The molecule has 4 aliphatic rings. The maximum atomic E-state index is 13.5. The van der Waals surface area contributed by atoms with Crippen molar-refractivity contribution in [2.24, 2.45) is 17.8 Å². The van der Waals surface area contributed by atoms with Crippen molar-refractivity contribution in [1.29, 1.82) is 0 Å². The summed E-state index contributed by atoms with van der Waals surface area (Å²) >= 11 is 0. The molecule has 33 heavy (non-hydrogen) atoms. The molecule has 1 heterocycles. The average Bonchev–Trinajstić information content (AvgIpc) is 3.32. The summed E-state index contributed by atoms with van der Waals surface area (Å²) in [5.74, 6) is 3.22. The van der Waals surface area contributed by atoms with Gasteiger partial charge in [0.05, 0.1) is 5.69 Å². The van der Waals surface area contributed by atoms with E-state index in [4.69, 9.17) is 4.74 Å². The van der Waals surface area contributed by atoms with Gasteiger partial charge in [-0.1, -0.05) is 42.5 Å². The molecule has 4 aliphatic carbocycles. The Labute approximate surface area is 195 Å². The maximum Gasteiger partial charge on any atom is 0.329 e. The number of ether oxygens (including phenoxy) is 1. The summed E-state index contributed by atoms with van der Waals surface area (Å²) in [4.78, 5) is 20.1. The van der Waals surface area contributed by atoms with Crippen molar-refractivity contribution in [2.75, 3.05) is 7.05 Å². The van der Waals surface area contributed by atoms with Gasteiger partial charge >= 0.3 is 6.03 Å². The van der Waals surface area contributed by atoms with E-state index in [1.165, 1.54) is 38.5 Å². The number of rotatable bonds is 5. The predicted molar refractivity (Wildman–Crippen MR) is 128 cm³/mol. The lowest BCUT2D eigenvalue weighted by Gasteiger charge is -2.59. The van der Waals surface area contributed by atoms with Gasteiger partial charge in [0.1, 0.15) is 18.7 Å². The van der Waals surface area contributed by atoms with Crippen molar-refractivity contribution >= 4 is 6.03 Å². The van der Waals surface area contributed by atoms with Crippen molar-refractivity contribution in [3.8, 4) is 17.0 Å². The molecular weight excluding hydrogens is 410 g/mol. The molecular formula is C28H31N3O2. The first-order chi connectivity index (χ1) is 16.1. The molecule has 0 saturated heterocycles. The number of benzene rings is 2. The first-order valence-electron chi connectivity index (χ1n) is 12.2. The topological polar surface area (TPSA) is 47.4 Å². The smallest absolute Gasteiger partial charge is 0.329 e. The molecule has 1 amide bonds. The second kappa shape index (κ2) is 8.05. The lowest BCUT2D eigenvalue weighted by atomic mass is 9.52. The van der Waals surface area contributed by atoms with Gasteiger partial charge in [0, 0.05) is 24.3 Å². The lowest BCUT2D eigenvalue weighted by molar-refractivity contribution is -0.0620. The minimum Gasteiger partial charge on any atom is -0.489 e. The molecule has 2 aromatic carbocycles. The normalized spacial score (nSPS) is 27.5. The summed E-state index contributed by atoms with van der Waals surface area (Å²) in [6, 6.07) is 18.1. The fraction of sp³-hybridized carbons (Fsp3) is 0.429. The van der Waals surface area contributed by atoms with Crippen LogP contribution < -0.4 is 4.74 Å². The lowest BCUT2D eigenvalue weighted by Crippen LogP contribution is -2.60. The molecule has 4 saturated carbocycles. The van der Waals surface area contributed by atoms with Gasteiger partial charge in [-0.05, 0) is 74.0 Å². The predicted octanol–water partition coefficient (Wildman–Crippen LogP) is 6.00. The van der Waals surface area contributed by atoms with E-state index in [0.717, 1.165) is 40.3 Å². The first kappa shape index (κ1) is 20.5. The Bertz CT molecular complexity index is 1120. The van der Waals surface area contributed by atoms with Crippen LogP contribution in [0.3, 0.4) is 0 Å². The third-order valence-electron chi connectivity index (χ3n) is 8.19. The van der Waals surface area contributed by atoms with Crippen LogP contribution in [0.5, 0.6) is 5.75 Å². The first-order valence-corrected chi connectivity index (χ1v) is 12.2. The highest BCUT2D eigenvalue weighted by molar-refractivity contribution is 5.79. The molecule has 0 aliphatic heterocycles. The van der Waals surface area contributed by atoms with Crippen LogP contribution in [-0.4, -0.2) is 33.1 Å². The van der Waals surface area contributed by atoms with Crippen LogP contribution in [0.15, 0.2) is 67.1 Å². The number of hydrogen-bond donors (Lipinski definition) is 0. The van der Waals surface area contributed by atoms with Crippen molar-refractivity contribution in [1.82, 2.24) is 14.5 Å². The van der Waals surface area contributed by atoms with Crippen LogP contribution in [0, 0.1) is 17.8 Å². The largest absolute Gasteiger partial charge is 0.489 e. The van der Waals surface area contributed by atoms with Crippen LogP contribution in [0.2, 0.25) is 0 Å². The van der Waals surface area contributed by atoms with E-state index in [1.807, 2.05) is 60.6 Å². The van der Waals surface area contributed by atoms with Crippen LogP contribution in [-0.2, 0) is 6.61 Å². The molecule has 7 rings (SSSR count). The summed E-state index contributed by atoms with van der Waals surface area (Å²) in [6.07, 6.45) is 11.1. The fourth-order valence-electron chi connectivity index (χ4n) is 6.91. The molecule has 170 valence electrons. The number of hydrogen-bond acceptors (Lipinski definition) is 3. The minimum atomic E-state index is 0.0344. The molecule has 4 bridgehead atoms. The summed E-state index contributed by atoms with van der Waals surface area (Å²) in [5.41, 5.74) is 2.91. The number of aromatic nitrogens is 2. The van der Waals surface area contributed by atoms with E-state index in [-0.39, 0.29) is 11.6 Å².